The van der Waals surface area contributed by atoms with E-state index in [1.807, 2.05) is 34.0 Å². The van der Waals surface area contributed by atoms with Crippen LogP contribution in [0.4, 0.5) is 0 Å². The van der Waals surface area contributed by atoms with Crippen LogP contribution in [0.5, 0.6) is 0 Å². The summed E-state index contributed by atoms with van der Waals surface area (Å²) in [6.45, 7) is 70.3. The lowest BCUT2D eigenvalue weighted by Gasteiger charge is -2.38. The Morgan fingerprint density at radius 2 is 0.500 bits per heavy atom. The molecule has 12 aromatic rings. The van der Waals surface area contributed by atoms with Crippen molar-refractivity contribution in [2.45, 2.75) is 224 Å². The fourth-order valence-electron chi connectivity index (χ4n) is 22.1. The molecule has 3 spiro atoms. The molecule has 6 aliphatic rings. The molecule has 6 aliphatic carbocycles. The van der Waals surface area contributed by atoms with E-state index in [-0.39, 0.29) is 16.2 Å². The van der Waals surface area contributed by atoms with E-state index in [0.717, 1.165) is 0 Å². The summed E-state index contributed by atoms with van der Waals surface area (Å²) in [6.07, 6.45) is 14.9. The number of hydrogen-bond acceptors (Lipinski definition) is 3. The molecule has 3 aromatic heterocycles. The van der Waals surface area contributed by atoms with E-state index >= 15 is 0 Å². The smallest absolute Gasteiger partial charge is 0.0672 e. The van der Waals surface area contributed by atoms with Crippen LogP contribution in [0.25, 0.3) is 81.9 Å². The van der Waals surface area contributed by atoms with Crippen LogP contribution in [-0.4, -0.2) is 0 Å². The topological polar surface area (TPSA) is 0 Å². The molecule has 0 radical (unpaired) electrons. The van der Waals surface area contributed by atoms with Crippen molar-refractivity contribution in [2.24, 2.45) is 0 Å². The molecule has 0 fully saturated rings. The van der Waals surface area contributed by atoms with Gasteiger partial charge in [-0.2, -0.15) is 0 Å². The predicted molar refractivity (Wildman–Crippen MR) is 479 cm³/mol. The average molecular weight is 1470 g/mol. The fourth-order valence-corrected chi connectivity index (χ4v) is 24.7. The van der Waals surface area contributed by atoms with Crippen LogP contribution in [0, 0.1) is 166 Å². The van der Waals surface area contributed by atoms with Gasteiger partial charge < -0.3 is 0 Å². The lowest BCUT2D eigenvalue weighted by atomic mass is 9.63. The summed E-state index contributed by atoms with van der Waals surface area (Å²) < 4.78 is 4.18. The highest BCUT2D eigenvalue weighted by Gasteiger charge is 2.52. The Hall–Kier alpha value is -8.70. The van der Waals surface area contributed by atoms with Crippen LogP contribution >= 0.6 is 34.0 Å². The van der Waals surface area contributed by atoms with Gasteiger partial charge in [0.1, 0.15) is 0 Å². The zero-order chi connectivity index (χ0) is 77.5. The number of benzene rings is 9. The molecule has 0 saturated carbocycles. The highest BCUT2D eigenvalue weighted by atomic mass is 32.1. The van der Waals surface area contributed by atoms with Crippen molar-refractivity contribution in [1.82, 2.24) is 0 Å². The van der Waals surface area contributed by atoms with E-state index in [0.29, 0.717) is 0 Å². The van der Waals surface area contributed by atoms with E-state index in [4.69, 9.17) is 0 Å². The Morgan fingerprint density at radius 1 is 0.213 bits per heavy atom. The molecule has 0 saturated heterocycles. The van der Waals surface area contributed by atoms with Gasteiger partial charge in [0.25, 0.3) is 0 Å². The van der Waals surface area contributed by atoms with Crippen molar-refractivity contribution < 1.29 is 0 Å². The van der Waals surface area contributed by atoms with Gasteiger partial charge in [0.2, 0.25) is 0 Å². The standard InChI is InChI=1S/3C35H36S/c1-17-19(3)25(9)33-31(21(17)5)23(7)24(8)32-22(6)18(2)20(4)26(10)34(32)35(33)13-11-27-15-28-12-14-36-30(28)16-29(27)35;1-17-19(3)25(9)32-30(21(17)5)23(7)24(8)31-22(6)18(2)20(4)26(10)33(31)35(32)15-13-27-11-12-29-28(34(27)35)14-16-36-29;1-17-19(3)25(9)31-29(21(17)5)23(7)24(8)30-22(6)18(2)20(4)26(10)32(30)35(31)15-13-27-11-12-28-14-16-36-34(28)33(27)35/h3*11-16H,1-10H3. The van der Waals surface area contributed by atoms with E-state index in [9.17, 15) is 0 Å². The summed E-state index contributed by atoms with van der Waals surface area (Å²) in [7, 11) is 0. The molecule has 0 N–H and O–H groups in total. The molecule has 0 aliphatic heterocycles. The summed E-state index contributed by atoms with van der Waals surface area (Å²) in [4.78, 5) is 0. The van der Waals surface area contributed by atoms with Gasteiger partial charge in [0, 0.05) is 14.1 Å². The third-order valence-electron chi connectivity index (χ3n) is 30.1. The molecule has 108 heavy (non-hydrogen) atoms. The highest BCUT2D eigenvalue weighted by molar-refractivity contribution is 7.18. The minimum Gasteiger partial charge on any atom is -0.144 e. The second-order valence-electron chi connectivity index (χ2n) is 33.8. The minimum atomic E-state index is -0.319. The zero-order valence-electron chi connectivity index (χ0n) is 70.1. The maximum atomic E-state index is 2.56. The summed E-state index contributed by atoms with van der Waals surface area (Å²) in [6, 6.07) is 21.1. The van der Waals surface area contributed by atoms with Gasteiger partial charge in [-0.25, -0.2) is 0 Å². The molecule has 3 heteroatoms. The monoisotopic (exact) mass is 1460 g/mol. The number of rotatable bonds is 0. The largest absolute Gasteiger partial charge is 0.144 e. The Bertz CT molecular complexity index is 5870. The normalized spacial score (nSPS) is 15.5. The Balaban J connectivity index is 0.000000124. The van der Waals surface area contributed by atoms with Crippen molar-refractivity contribution in [1.29, 1.82) is 0 Å². The molecular weight excluding hydrogens is 1360 g/mol. The van der Waals surface area contributed by atoms with E-state index in [2.05, 4.69) is 315 Å². The first kappa shape index (κ1) is 73.4. The molecule has 3 heterocycles. The molecule has 0 atom stereocenters. The third kappa shape index (κ3) is 9.31. The van der Waals surface area contributed by atoms with Crippen molar-refractivity contribution in [3.63, 3.8) is 0 Å². The Labute approximate surface area is 657 Å². The summed E-state index contributed by atoms with van der Waals surface area (Å²) in [5.74, 6) is 0. The van der Waals surface area contributed by atoms with Gasteiger partial charge in [0.15, 0.2) is 0 Å². The number of thiophene rings is 3. The quantitative estimate of drug-likeness (QED) is 0.142. The van der Waals surface area contributed by atoms with Crippen LogP contribution < -0.4 is 0 Å². The van der Waals surface area contributed by atoms with Gasteiger partial charge in [-0.15, -0.1) is 34.0 Å². The minimum absolute atomic E-state index is 0.308. The van der Waals surface area contributed by atoms with Crippen LogP contribution in [0.2, 0.25) is 0 Å². The Morgan fingerprint density at radius 3 is 0.889 bits per heavy atom. The number of fused-ring (bicyclic) bond motifs is 23. The third-order valence-corrected chi connectivity index (χ3v) is 32.8. The highest BCUT2D eigenvalue weighted by Crippen LogP contribution is 2.64. The fraction of sp³-hybridized carbons (Fsp3) is 0.314. The number of allylic oxidation sites excluding steroid dienone is 9. The second kappa shape index (κ2) is 25.2. The first-order valence-electron chi connectivity index (χ1n) is 39.4. The number of hydrogen-bond donors (Lipinski definition) is 0. The van der Waals surface area contributed by atoms with Gasteiger partial charge in [-0.1, -0.05) is 54.7 Å². The van der Waals surface area contributed by atoms with Gasteiger partial charge in [-0.05, 0) is 544 Å². The first-order chi connectivity index (χ1) is 51.1. The van der Waals surface area contributed by atoms with Crippen molar-refractivity contribution in [3.05, 3.63) is 323 Å². The van der Waals surface area contributed by atoms with Crippen LogP contribution in [-0.2, 0) is 16.2 Å². The molecule has 0 nitrogen and oxygen atoms in total. The maximum absolute atomic E-state index is 2.56. The zero-order valence-corrected chi connectivity index (χ0v) is 72.6. The van der Waals surface area contributed by atoms with E-state index in [1.165, 1.54) is 297 Å². The van der Waals surface area contributed by atoms with Crippen molar-refractivity contribution >= 4 is 116 Å². The van der Waals surface area contributed by atoms with Crippen LogP contribution in [0.1, 0.15) is 275 Å². The molecule has 0 amide bonds. The van der Waals surface area contributed by atoms with Crippen molar-refractivity contribution in [3.8, 4) is 0 Å². The molecule has 546 valence electrons. The maximum Gasteiger partial charge on any atom is 0.0672 e. The first-order valence-corrected chi connectivity index (χ1v) is 42.0. The second-order valence-corrected chi connectivity index (χ2v) is 36.6. The average Bonchev–Trinajstić information content (AvgIpc) is 1.50. The summed E-state index contributed by atoms with van der Waals surface area (Å²) >= 11 is 5.61. The molecular formula is C105H108S3. The van der Waals surface area contributed by atoms with E-state index in [1.54, 1.807) is 0 Å². The predicted octanol–water partition coefficient (Wildman–Crippen LogP) is 30.0. The van der Waals surface area contributed by atoms with E-state index < -0.39 is 0 Å². The SMILES string of the molecule is CC1=C(C)c2c(C)c(C)c(C)c(C)c2C2(C=Cc3cc4ccsc4cc32)c2c(C)c(C)c(C)c(C)c21.CC1=C(C)c2c(C)c(C)c(C)c(C)c2C2(C=Cc3ccc4ccsc4c32)c2c(C)c(C)c(C)c(C)c21.CC1=C(C)c2c(C)c(C)c(C)c(C)c2C2(C=Cc3ccc4sccc4c32)c2c(C)c(C)c(C)c(C)c21. The van der Waals surface area contributed by atoms with Crippen LogP contribution in [0.15, 0.2) is 89.0 Å². The lowest BCUT2D eigenvalue weighted by molar-refractivity contribution is 0.767. The molecule has 0 bridgehead atoms. The summed E-state index contributed by atoms with van der Waals surface area (Å²) in [5, 5.41) is 10.9. The molecule has 0 unspecified atom stereocenters. The van der Waals surface area contributed by atoms with Gasteiger partial charge in [-0.3, -0.25) is 0 Å². The Kier molecular flexibility index (Phi) is 17.1. The summed E-state index contributed by atoms with van der Waals surface area (Å²) in [5.41, 5.74) is 68.2. The van der Waals surface area contributed by atoms with Crippen LogP contribution in [0.3, 0.4) is 0 Å². The molecule has 9 aromatic carbocycles. The van der Waals surface area contributed by atoms with Gasteiger partial charge in [0.05, 0.1) is 16.2 Å². The lowest BCUT2D eigenvalue weighted by Crippen LogP contribution is -2.31. The molecule has 18 rings (SSSR count). The van der Waals surface area contributed by atoms with Gasteiger partial charge >= 0.3 is 0 Å². The van der Waals surface area contributed by atoms with Crippen molar-refractivity contribution in [2.75, 3.05) is 0 Å².